The summed E-state index contributed by atoms with van der Waals surface area (Å²) in [4.78, 5) is 12.7. The van der Waals surface area contributed by atoms with Crippen molar-refractivity contribution >= 4 is 5.91 Å². The van der Waals surface area contributed by atoms with E-state index in [0.29, 0.717) is 0 Å². The van der Waals surface area contributed by atoms with Crippen LogP contribution in [0, 0.1) is 5.92 Å². The van der Waals surface area contributed by atoms with Gasteiger partial charge in [-0.1, -0.05) is 26.0 Å². The molecule has 1 amide bonds. The quantitative estimate of drug-likeness (QED) is 0.737. The summed E-state index contributed by atoms with van der Waals surface area (Å²) < 4.78 is 39.7. The molecular weight excluding hydrogens is 356 g/mol. The molecule has 0 aromatic heterocycles. The van der Waals surface area contributed by atoms with E-state index in [1.54, 1.807) is 7.11 Å². The van der Waals surface area contributed by atoms with Crippen LogP contribution in [0.1, 0.15) is 35.8 Å². The first-order valence-electron chi connectivity index (χ1n) is 8.43. The maximum Gasteiger partial charge on any atom is 0.387 e. The molecule has 1 unspecified atom stereocenters. The highest BCUT2D eigenvalue weighted by atomic mass is 19.3. The molecule has 146 valence electrons. The molecular formula is C20H23F2NO4. The number of halogens is 2. The van der Waals surface area contributed by atoms with Gasteiger partial charge in [-0.3, -0.25) is 4.79 Å². The summed E-state index contributed by atoms with van der Waals surface area (Å²) in [6.07, 6.45) is 0. The second-order valence-electron chi connectivity index (χ2n) is 6.21. The van der Waals surface area contributed by atoms with Crippen molar-refractivity contribution in [3.63, 3.8) is 0 Å². The Morgan fingerprint density at radius 1 is 0.963 bits per heavy atom. The zero-order chi connectivity index (χ0) is 20.0. The number of carbonyl (C=O) groups excluding carboxylic acids is 1. The second-order valence-corrected chi connectivity index (χ2v) is 6.21. The highest BCUT2D eigenvalue weighted by molar-refractivity contribution is 5.95. The van der Waals surface area contributed by atoms with Gasteiger partial charge in [-0.05, 0) is 41.8 Å². The molecule has 2 aromatic rings. The second kappa shape index (κ2) is 9.21. The minimum atomic E-state index is -3.01. The third kappa shape index (κ3) is 5.32. The fraction of sp³-hybridized carbons (Fsp3) is 0.350. The number of hydrogen-bond acceptors (Lipinski definition) is 4. The number of rotatable bonds is 8. The Hall–Kier alpha value is -2.83. The van der Waals surface area contributed by atoms with E-state index in [1.807, 2.05) is 38.1 Å². The lowest BCUT2D eigenvalue weighted by atomic mass is 9.95. The maximum atomic E-state index is 12.7. The standard InChI is InChI=1S/C20H23F2NO4/c1-12(2)18(13-5-8-15(25-3)9-6-13)23-19(24)14-7-10-16(26-4)17(11-14)27-20(21)22/h5-12,18,20H,1-4H3,(H,23,24). The molecule has 1 N–H and O–H groups in total. The Labute approximate surface area is 157 Å². The van der Waals surface area contributed by atoms with Crippen LogP contribution in [-0.2, 0) is 0 Å². The molecule has 0 radical (unpaired) electrons. The first kappa shape index (κ1) is 20.5. The Morgan fingerprint density at radius 3 is 2.15 bits per heavy atom. The van der Waals surface area contributed by atoms with Gasteiger partial charge in [0, 0.05) is 5.56 Å². The smallest absolute Gasteiger partial charge is 0.387 e. The molecule has 0 bridgehead atoms. The van der Waals surface area contributed by atoms with Crippen molar-refractivity contribution < 1.29 is 27.8 Å². The van der Waals surface area contributed by atoms with Gasteiger partial charge in [0.25, 0.3) is 5.91 Å². The molecule has 7 heteroatoms. The van der Waals surface area contributed by atoms with Gasteiger partial charge < -0.3 is 19.5 Å². The number of methoxy groups -OCH3 is 2. The molecule has 0 aliphatic heterocycles. The molecule has 2 aromatic carbocycles. The van der Waals surface area contributed by atoms with E-state index in [0.717, 1.165) is 11.3 Å². The monoisotopic (exact) mass is 379 g/mol. The zero-order valence-corrected chi connectivity index (χ0v) is 15.7. The summed E-state index contributed by atoms with van der Waals surface area (Å²) in [6, 6.07) is 11.3. The molecule has 0 aliphatic rings. The first-order chi connectivity index (χ1) is 12.8. The van der Waals surface area contributed by atoms with E-state index >= 15 is 0 Å². The van der Waals surface area contributed by atoms with E-state index in [9.17, 15) is 13.6 Å². The van der Waals surface area contributed by atoms with Gasteiger partial charge in [-0.25, -0.2) is 0 Å². The fourth-order valence-corrected chi connectivity index (χ4v) is 2.68. The lowest BCUT2D eigenvalue weighted by Gasteiger charge is -2.23. The number of nitrogens with one attached hydrogen (secondary N) is 1. The van der Waals surface area contributed by atoms with E-state index in [-0.39, 0.29) is 29.0 Å². The number of amides is 1. The highest BCUT2D eigenvalue weighted by Crippen LogP contribution is 2.30. The summed E-state index contributed by atoms with van der Waals surface area (Å²) >= 11 is 0. The summed E-state index contributed by atoms with van der Waals surface area (Å²) in [5.41, 5.74) is 1.11. The van der Waals surface area contributed by atoms with Gasteiger partial charge in [0.15, 0.2) is 11.5 Å². The predicted molar refractivity (Wildman–Crippen MR) is 97.7 cm³/mol. The van der Waals surface area contributed by atoms with Gasteiger partial charge in [-0.2, -0.15) is 8.78 Å². The van der Waals surface area contributed by atoms with Crippen molar-refractivity contribution in [2.75, 3.05) is 14.2 Å². The molecule has 0 aliphatic carbocycles. The topological polar surface area (TPSA) is 56.8 Å². The van der Waals surface area contributed by atoms with Gasteiger partial charge in [0.1, 0.15) is 5.75 Å². The summed E-state index contributed by atoms with van der Waals surface area (Å²) in [7, 11) is 2.92. The molecule has 0 fully saturated rings. The highest BCUT2D eigenvalue weighted by Gasteiger charge is 2.21. The van der Waals surface area contributed by atoms with Crippen molar-refractivity contribution in [1.82, 2.24) is 5.32 Å². The summed E-state index contributed by atoms with van der Waals surface area (Å²) in [5, 5.41) is 2.94. The fourth-order valence-electron chi connectivity index (χ4n) is 2.68. The maximum absolute atomic E-state index is 12.7. The minimum absolute atomic E-state index is 0.109. The van der Waals surface area contributed by atoms with Crippen LogP contribution in [0.4, 0.5) is 8.78 Å². The van der Waals surface area contributed by atoms with Gasteiger partial charge in [0.05, 0.1) is 20.3 Å². The van der Waals surface area contributed by atoms with Crippen molar-refractivity contribution in [2.45, 2.75) is 26.5 Å². The first-order valence-corrected chi connectivity index (χ1v) is 8.43. The van der Waals surface area contributed by atoms with Gasteiger partial charge in [-0.15, -0.1) is 0 Å². The van der Waals surface area contributed by atoms with Crippen molar-refractivity contribution in [3.05, 3.63) is 53.6 Å². The SMILES string of the molecule is COc1ccc(C(NC(=O)c2ccc(OC)c(OC(F)F)c2)C(C)C)cc1. The third-order valence-electron chi connectivity index (χ3n) is 4.07. The Bertz CT molecular complexity index is 763. The van der Waals surface area contributed by atoms with Gasteiger partial charge in [0.2, 0.25) is 0 Å². The van der Waals surface area contributed by atoms with Crippen molar-refractivity contribution in [3.8, 4) is 17.2 Å². The average molecular weight is 379 g/mol. The Kier molecular flexibility index (Phi) is 6.98. The zero-order valence-electron chi connectivity index (χ0n) is 15.7. The number of carbonyl (C=O) groups is 1. The molecule has 0 spiro atoms. The molecule has 0 heterocycles. The summed E-state index contributed by atoms with van der Waals surface area (Å²) in [6.45, 7) is 0.947. The lowest BCUT2D eigenvalue weighted by molar-refractivity contribution is -0.0512. The lowest BCUT2D eigenvalue weighted by Crippen LogP contribution is -2.31. The molecule has 2 rings (SSSR count). The average Bonchev–Trinajstić information content (AvgIpc) is 2.65. The molecule has 0 saturated carbocycles. The van der Waals surface area contributed by atoms with Crippen LogP contribution < -0.4 is 19.5 Å². The van der Waals surface area contributed by atoms with E-state index in [4.69, 9.17) is 9.47 Å². The molecule has 5 nitrogen and oxygen atoms in total. The molecule has 0 saturated heterocycles. The Balaban J connectivity index is 2.24. The van der Waals surface area contributed by atoms with Crippen LogP contribution >= 0.6 is 0 Å². The van der Waals surface area contributed by atoms with E-state index in [2.05, 4.69) is 10.1 Å². The van der Waals surface area contributed by atoms with Crippen LogP contribution in [0.25, 0.3) is 0 Å². The van der Waals surface area contributed by atoms with Crippen molar-refractivity contribution in [1.29, 1.82) is 0 Å². The van der Waals surface area contributed by atoms with Crippen LogP contribution in [0.5, 0.6) is 17.2 Å². The Morgan fingerprint density at radius 2 is 1.63 bits per heavy atom. The van der Waals surface area contributed by atoms with E-state index in [1.165, 1.54) is 25.3 Å². The number of benzene rings is 2. The van der Waals surface area contributed by atoms with Crippen LogP contribution in [0.2, 0.25) is 0 Å². The van der Waals surface area contributed by atoms with E-state index < -0.39 is 12.5 Å². The van der Waals surface area contributed by atoms with Crippen LogP contribution in [0.3, 0.4) is 0 Å². The predicted octanol–water partition coefficient (Wildman–Crippen LogP) is 4.43. The van der Waals surface area contributed by atoms with Crippen molar-refractivity contribution in [2.24, 2.45) is 5.92 Å². The largest absolute Gasteiger partial charge is 0.497 e. The number of ether oxygens (including phenoxy) is 3. The normalized spacial score (nSPS) is 12.0. The van der Waals surface area contributed by atoms with Gasteiger partial charge >= 0.3 is 6.61 Å². The molecule has 1 atom stereocenters. The number of alkyl halides is 2. The third-order valence-corrected chi connectivity index (χ3v) is 4.07. The number of hydrogen-bond donors (Lipinski definition) is 1. The summed E-state index contributed by atoms with van der Waals surface area (Å²) in [5.74, 6) is 0.369. The van der Waals surface area contributed by atoms with Crippen LogP contribution in [0.15, 0.2) is 42.5 Å². The minimum Gasteiger partial charge on any atom is -0.497 e. The van der Waals surface area contributed by atoms with Crippen LogP contribution in [-0.4, -0.2) is 26.7 Å². The molecule has 27 heavy (non-hydrogen) atoms.